The molecule has 0 aromatic carbocycles. The Hall–Kier alpha value is -4.74. The first-order valence-corrected chi connectivity index (χ1v) is 11.2. The lowest BCUT2D eigenvalue weighted by Gasteiger charge is -2.24. The van der Waals surface area contributed by atoms with Crippen molar-refractivity contribution < 1.29 is 39.0 Å². The van der Waals surface area contributed by atoms with Gasteiger partial charge >= 0.3 is 11.9 Å². The summed E-state index contributed by atoms with van der Waals surface area (Å²) >= 11 is 0. The first-order valence-electron chi connectivity index (χ1n) is 11.2. The van der Waals surface area contributed by atoms with Crippen LogP contribution in [0.4, 0.5) is 0 Å². The second-order valence-electron chi connectivity index (χ2n) is 8.13. The molecule has 0 aliphatic rings. The van der Waals surface area contributed by atoms with E-state index in [1.807, 2.05) is 0 Å². The molecule has 14 N–H and O–H groups in total. The minimum absolute atomic E-state index is 0.101. The smallest absolute Gasteiger partial charge is 0.326 e. The van der Waals surface area contributed by atoms with Crippen LogP contribution in [-0.4, -0.2) is 92.4 Å². The van der Waals surface area contributed by atoms with Crippen LogP contribution < -0.4 is 38.9 Å². The Kier molecular flexibility index (Phi) is 12.7. The lowest BCUT2D eigenvalue weighted by Crippen LogP contribution is -2.58. The van der Waals surface area contributed by atoms with Crippen molar-refractivity contribution in [2.24, 2.45) is 27.9 Å². The summed E-state index contributed by atoms with van der Waals surface area (Å²) in [5.74, 6) is -7.14. The van der Waals surface area contributed by atoms with Crippen LogP contribution >= 0.6 is 0 Å². The number of carboxylic acid groups (broad SMARTS) is 2. The van der Waals surface area contributed by atoms with Crippen LogP contribution in [0.25, 0.3) is 0 Å². The van der Waals surface area contributed by atoms with Gasteiger partial charge in [-0.2, -0.15) is 0 Å². The Labute approximate surface area is 216 Å². The second kappa shape index (κ2) is 15.4. The van der Waals surface area contributed by atoms with E-state index >= 15 is 0 Å². The molecule has 18 heteroatoms. The van der Waals surface area contributed by atoms with Crippen LogP contribution in [0.15, 0.2) is 17.5 Å². The Morgan fingerprint density at radius 2 is 1.50 bits per heavy atom. The highest BCUT2D eigenvalue weighted by molar-refractivity contribution is 5.97. The number of nitrogens with two attached hydrogens (primary N) is 4. The summed E-state index contributed by atoms with van der Waals surface area (Å²) < 4.78 is 0. The second-order valence-corrected chi connectivity index (χ2v) is 8.13. The number of guanidine groups is 1. The van der Waals surface area contributed by atoms with Gasteiger partial charge in [0.05, 0.1) is 25.2 Å². The molecule has 210 valence electrons. The van der Waals surface area contributed by atoms with Gasteiger partial charge in [-0.15, -0.1) is 0 Å². The zero-order valence-electron chi connectivity index (χ0n) is 20.3. The summed E-state index contributed by atoms with van der Waals surface area (Å²) in [6.07, 6.45) is 1.23. The quantitative estimate of drug-likeness (QED) is 0.0505. The third-order valence-corrected chi connectivity index (χ3v) is 4.95. The number of nitrogens with zero attached hydrogens (tertiary/aromatic N) is 2. The van der Waals surface area contributed by atoms with Gasteiger partial charge in [0.2, 0.25) is 23.6 Å². The van der Waals surface area contributed by atoms with Crippen molar-refractivity contribution in [3.63, 3.8) is 0 Å². The van der Waals surface area contributed by atoms with E-state index in [1.54, 1.807) is 0 Å². The van der Waals surface area contributed by atoms with E-state index in [1.165, 1.54) is 12.5 Å². The van der Waals surface area contributed by atoms with Gasteiger partial charge in [-0.1, -0.05) is 0 Å². The van der Waals surface area contributed by atoms with E-state index in [-0.39, 0.29) is 25.3 Å². The molecule has 0 bridgehead atoms. The number of primary amides is 1. The van der Waals surface area contributed by atoms with Crippen molar-refractivity contribution in [2.45, 2.75) is 56.3 Å². The van der Waals surface area contributed by atoms with Crippen LogP contribution in [0.1, 0.15) is 31.4 Å². The molecule has 38 heavy (non-hydrogen) atoms. The first kappa shape index (κ1) is 31.3. The standard InChI is InChI=1S/C20H32N10O8/c21-10(2-1-3-26-20(23)24)16(34)28-12(6-15(32)33)18(36)29-11(5-14(22)31)17(35)30-13(19(37)38)4-9-7-25-8-27-9/h7-8,10-13H,1-6,21H2,(H2,22,31)(H,25,27)(H,28,34)(H,29,36)(H,30,35)(H,32,33)(H,37,38)(H4,23,24,26). The minimum atomic E-state index is -1.69. The first-order chi connectivity index (χ1) is 17.8. The highest BCUT2D eigenvalue weighted by Crippen LogP contribution is 2.04. The third kappa shape index (κ3) is 11.8. The predicted molar refractivity (Wildman–Crippen MR) is 130 cm³/mol. The van der Waals surface area contributed by atoms with Crippen molar-refractivity contribution in [3.8, 4) is 0 Å². The largest absolute Gasteiger partial charge is 0.481 e. The molecule has 1 rings (SSSR count). The Morgan fingerprint density at radius 1 is 0.921 bits per heavy atom. The number of aliphatic carboxylic acids is 2. The lowest BCUT2D eigenvalue weighted by atomic mass is 10.1. The highest BCUT2D eigenvalue weighted by Gasteiger charge is 2.32. The van der Waals surface area contributed by atoms with Crippen LogP contribution in [-0.2, 0) is 35.2 Å². The Balaban J connectivity index is 2.93. The molecule has 1 aromatic heterocycles. The van der Waals surface area contributed by atoms with Gasteiger partial charge < -0.3 is 54.1 Å². The topological polar surface area (TPSA) is 324 Å². The number of aromatic amines is 1. The van der Waals surface area contributed by atoms with Gasteiger partial charge in [0.25, 0.3) is 0 Å². The van der Waals surface area contributed by atoms with E-state index in [2.05, 4.69) is 30.9 Å². The fourth-order valence-corrected chi connectivity index (χ4v) is 3.08. The van der Waals surface area contributed by atoms with Crippen molar-refractivity contribution in [1.82, 2.24) is 25.9 Å². The molecule has 4 amide bonds. The van der Waals surface area contributed by atoms with Gasteiger partial charge in [-0.05, 0) is 12.8 Å². The number of hydrogen-bond acceptors (Lipinski definition) is 9. The summed E-state index contributed by atoms with van der Waals surface area (Å²) in [5.41, 5.74) is 21.7. The van der Waals surface area contributed by atoms with E-state index < -0.39 is 72.6 Å². The van der Waals surface area contributed by atoms with Crippen molar-refractivity contribution in [3.05, 3.63) is 18.2 Å². The third-order valence-electron chi connectivity index (χ3n) is 4.95. The van der Waals surface area contributed by atoms with Crippen molar-refractivity contribution in [1.29, 1.82) is 0 Å². The number of nitrogens with one attached hydrogen (secondary N) is 4. The van der Waals surface area contributed by atoms with E-state index in [0.29, 0.717) is 12.1 Å². The zero-order chi connectivity index (χ0) is 28.8. The maximum Gasteiger partial charge on any atom is 0.326 e. The van der Waals surface area contributed by atoms with Crippen LogP contribution in [0.3, 0.4) is 0 Å². The van der Waals surface area contributed by atoms with Crippen molar-refractivity contribution in [2.75, 3.05) is 6.54 Å². The van der Waals surface area contributed by atoms with Gasteiger partial charge in [-0.3, -0.25) is 29.0 Å². The predicted octanol–water partition coefficient (Wildman–Crippen LogP) is -4.78. The molecule has 0 aliphatic heterocycles. The van der Waals surface area contributed by atoms with Crippen LogP contribution in [0, 0.1) is 0 Å². The fourth-order valence-electron chi connectivity index (χ4n) is 3.08. The summed E-state index contributed by atoms with van der Waals surface area (Å²) in [6, 6.07) is -5.98. The number of hydrogen-bond donors (Lipinski definition) is 10. The monoisotopic (exact) mass is 540 g/mol. The molecule has 0 aliphatic carbocycles. The summed E-state index contributed by atoms with van der Waals surface area (Å²) in [6.45, 7) is 0.184. The maximum atomic E-state index is 12.8. The SMILES string of the molecule is NC(=O)CC(NC(=O)C(CC(=O)O)NC(=O)C(N)CCCN=C(N)N)C(=O)NC(Cc1cnc[nH]1)C(=O)O. The fraction of sp³-hybridized carbons (Fsp3) is 0.500. The Bertz CT molecular complexity index is 1030. The van der Waals surface area contributed by atoms with Crippen molar-refractivity contribution >= 4 is 41.5 Å². The van der Waals surface area contributed by atoms with Gasteiger partial charge in [-0.25, -0.2) is 9.78 Å². The molecule has 18 nitrogen and oxygen atoms in total. The molecule has 0 saturated carbocycles. The lowest BCUT2D eigenvalue weighted by molar-refractivity contribution is -0.143. The number of carboxylic acids is 2. The van der Waals surface area contributed by atoms with E-state index in [9.17, 15) is 39.0 Å². The number of amides is 4. The number of aliphatic imine (C=N–C) groups is 1. The number of carbonyl (C=O) groups excluding carboxylic acids is 4. The molecule has 1 aromatic rings. The molecule has 4 atom stereocenters. The Morgan fingerprint density at radius 3 is 2.00 bits per heavy atom. The number of aromatic nitrogens is 2. The minimum Gasteiger partial charge on any atom is -0.481 e. The van der Waals surface area contributed by atoms with Gasteiger partial charge in [0.15, 0.2) is 5.96 Å². The summed E-state index contributed by atoms with van der Waals surface area (Å²) in [5, 5.41) is 25.1. The molecular weight excluding hydrogens is 508 g/mol. The molecule has 0 spiro atoms. The van der Waals surface area contributed by atoms with E-state index in [4.69, 9.17) is 22.9 Å². The number of carbonyl (C=O) groups is 6. The average molecular weight is 541 g/mol. The van der Waals surface area contributed by atoms with Crippen LogP contribution in [0.2, 0.25) is 0 Å². The van der Waals surface area contributed by atoms with Gasteiger partial charge in [0.1, 0.15) is 18.1 Å². The van der Waals surface area contributed by atoms with Crippen LogP contribution in [0.5, 0.6) is 0 Å². The molecule has 4 unspecified atom stereocenters. The number of H-pyrrole nitrogens is 1. The zero-order valence-corrected chi connectivity index (χ0v) is 20.3. The van der Waals surface area contributed by atoms with E-state index in [0.717, 1.165) is 0 Å². The molecular formula is C20H32N10O8. The molecule has 0 saturated heterocycles. The normalized spacial score (nSPS) is 13.7. The molecule has 0 radical (unpaired) electrons. The number of rotatable bonds is 17. The molecule has 0 fully saturated rings. The summed E-state index contributed by atoms with van der Waals surface area (Å²) in [7, 11) is 0. The maximum absolute atomic E-state index is 12.8. The number of imidazole rings is 1. The average Bonchev–Trinajstić information content (AvgIpc) is 3.32. The molecule has 1 heterocycles. The highest BCUT2D eigenvalue weighted by atomic mass is 16.4. The van der Waals surface area contributed by atoms with Gasteiger partial charge in [0, 0.05) is 24.9 Å². The summed E-state index contributed by atoms with van der Waals surface area (Å²) in [4.78, 5) is 82.5.